The summed E-state index contributed by atoms with van der Waals surface area (Å²) in [5, 5.41) is 9.61. The molecule has 1 aliphatic rings. The summed E-state index contributed by atoms with van der Waals surface area (Å²) in [4.78, 5) is 23.4. The molecule has 1 aromatic carbocycles. The molecule has 1 fully saturated rings. The number of carboxylic acid groups (broad SMARTS) is 1. The van der Waals surface area contributed by atoms with Gasteiger partial charge in [0.15, 0.2) is 5.43 Å². The van der Waals surface area contributed by atoms with Gasteiger partial charge in [0, 0.05) is 22.7 Å². The van der Waals surface area contributed by atoms with Gasteiger partial charge in [-0.1, -0.05) is 12.1 Å². The summed E-state index contributed by atoms with van der Waals surface area (Å²) in [6.45, 7) is 1.85. The van der Waals surface area contributed by atoms with Crippen LogP contribution in [0.15, 0.2) is 29.1 Å². The Morgan fingerprint density at radius 1 is 1.37 bits per heavy atom. The second-order valence-electron chi connectivity index (χ2n) is 5.08. The molecule has 4 nitrogen and oxygen atoms in total. The van der Waals surface area contributed by atoms with Crippen molar-refractivity contribution in [2.45, 2.75) is 32.2 Å². The van der Waals surface area contributed by atoms with Gasteiger partial charge >= 0.3 is 5.97 Å². The third kappa shape index (κ3) is 1.93. The zero-order chi connectivity index (χ0) is 13.6. The molecule has 0 spiro atoms. The lowest BCUT2D eigenvalue weighted by Gasteiger charge is -2.17. The molecule has 0 saturated heterocycles. The molecule has 0 amide bonds. The Balaban J connectivity index is 2.37. The maximum Gasteiger partial charge on any atom is 0.308 e. The van der Waals surface area contributed by atoms with Gasteiger partial charge in [-0.05, 0) is 31.9 Å². The standard InChI is InChI=1S/C15H15NO3/c1-9-12(8-14(17)18)15(19)11-4-2-3-5-13(11)16(9)10-6-7-10/h2-5,10H,6-8H2,1H3,(H,17,18). The number of nitrogens with zero attached hydrogens (tertiary/aromatic N) is 1. The van der Waals surface area contributed by atoms with Gasteiger partial charge in [-0.2, -0.15) is 0 Å². The van der Waals surface area contributed by atoms with Gasteiger partial charge < -0.3 is 9.67 Å². The highest BCUT2D eigenvalue weighted by Crippen LogP contribution is 2.38. The largest absolute Gasteiger partial charge is 0.481 e. The Kier molecular flexibility index (Phi) is 2.66. The van der Waals surface area contributed by atoms with Crippen molar-refractivity contribution in [1.29, 1.82) is 0 Å². The van der Waals surface area contributed by atoms with E-state index in [4.69, 9.17) is 5.11 Å². The van der Waals surface area contributed by atoms with E-state index >= 15 is 0 Å². The molecule has 0 aliphatic heterocycles. The van der Waals surface area contributed by atoms with Gasteiger partial charge in [0.1, 0.15) is 0 Å². The van der Waals surface area contributed by atoms with E-state index in [1.807, 2.05) is 25.1 Å². The first-order valence-corrected chi connectivity index (χ1v) is 6.44. The number of carbonyl (C=O) groups is 1. The highest BCUT2D eigenvalue weighted by Gasteiger charge is 2.28. The molecule has 98 valence electrons. The van der Waals surface area contributed by atoms with Crippen LogP contribution in [0.2, 0.25) is 0 Å². The van der Waals surface area contributed by atoms with Gasteiger partial charge in [0.25, 0.3) is 0 Å². The summed E-state index contributed by atoms with van der Waals surface area (Å²) in [7, 11) is 0. The van der Waals surface area contributed by atoms with E-state index < -0.39 is 5.97 Å². The van der Waals surface area contributed by atoms with Crippen LogP contribution in [-0.4, -0.2) is 15.6 Å². The summed E-state index contributed by atoms with van der Waals surface area (Å²) in [5.41, 5.74) is 1.99. The number of hydrogen-bond donors (Lipinski definition) is 1. The molecule has 1 saturated carbocycles. The van der Waals surface area contributed by atoms with Gasteiger partial charge in [0.05, 0.1) is 11.9 Å². The first-order valence-electron chi connectivity index (χ1n) is 6.44. The van der Waals surface area contributed by atoms with E-state index in [0.717, 1.165) is 24.1 Å². The third-order valence-electron chi connectivity index (χ3n) is 3.72. The fourth-order valence-electron chi connectivity index (χ4n) is 2.69. The minimum atomic E-state index is -0.960. The second-order valence-corrected chi connectivity index (χ2v) is 5.08. The summed E-state index contributed by atoms with van der Waals surface area (Å²) in [6, 6.07) is 7.87. The Labute approximate surface area is 110 Å². The highest BCUT2D eigenvalue weighted by atomic mass is 16.4. The van der Waals surface area contributed by atoms with Gasteiger partial charge in [0.2, 0.25) is 0 Å². The Hall–Kier alpha value is -2.10. The van der Waals surface area contributed by atoms with Crippen LogP contribution in [-0.2, 0) is 11.2 Å². The molecule has 1 heterocycles. The summed E-state index contributed by atoms with van der Waals surface area (Å²) >= 11 is 0. The van der Waals surface area contributed by atoms with Crippen molar-refractivity contribution in [2.24, 2.45) is 0 Å². The van der Waals surface area contributed by atoms with Gasteiger partial charge in [-0.3, -0.25) is 9.59 Å². The minimum Gasteiger partial charge on any atom is -0.481 e. The lowest BCUT2D eigenvalue weighted by Crippen LogP contribution is -2.21. The molecule has 0 unspecified atom stereocenters. The molecular formula is C15H15NO3. The van der Waals surface area contributed by atoms with Gasteiger partial charge in [-0.25, -0.2) is 0 Å². The fourth-order valence-corrected chi connectivity index (χ4v) is 2.69. The molecule has 3 rings (SSSR count). The average molecular weight is 257 g/mol. The SMILES string of the molecule is Cc1c(CC(=O)O)c(=O)c2ccccc2n1C1CC1. The molecule has 1 N–H and O–H groups in total. The van der Waals surface area contributed by atoms with Crippen LogP contribution in [0.4, 0.5) is 0 Å². The van der Waals surface area contributed by atoms with Crippen LogP contribution in [0, 0.1) is 6.92 Å². The molecule has 19 heavy (non-hydrogen) atoms. The number of fused-ring (bicyclic) bond motifs is 1. The third-order valence-corrected chi connectivity index (χ3v) is 3.72. The summed E-state index contributed by atoms with van der Waals surface area (Å²) in [5.74, 6) is -0.960. The molecule has 2 aromatic rings. The molecule has 4 heteroatoms. The number of para-hydroxylation sites is 1. The van der Waals surface area contributed by atoms with E-state index in [9.17, 15) is 9.59 Å². The van der Waals surface area contributed by atoms with Crippen molar-refractivity contribution < 1.29 is 9.90 Å². The zero-order valence-corrected chi connectivity index (χ0v) is 10.7. The number of hydrogen-bond acceptors (Lipinski definition) is 2. The van der Waals surface area contributed by atoms with Gasteiger partial charge in [-0.15, -0.1) is 0 Å². The number of carboxylic acids is 1. The molecule has 1 aliphatic carbocycles. The van der Waals surface area contributed by atoms with E-state index in [0.29, 0.717) is 17.0 Å². The molecule has 1 aromatic heterocycles. The Morgan fingerprint density at radius 2 is 2.05 bits per heavy atom. The monoisotopic (exact) mass is 257 g/mol. The van der Waals surface area contributed by atoms with Crippen LogP contribution < -0.4 is 5.43 Å². The highest BCUT2D eigenvalue weighted by molar-refractivity contribution is 5.82. The molecule has 0 bridgehead atoms. The summed E-state index contributed by atoms with van der Waals surface area (Å²) in [6.07, 6.45) is 1.99. The van der Waals surface area contributed by atoms with Crippen LogP contribution >= 0.6 is 0 Å². The Morgan fingerprint density at radius 3 is 2.68 bits per heavy atom. The lowest BCUT2D eigenvalue weighted by molar-refractivity contribution is -0.136. The van der Waals surface area contributed by atoms with Crippen molar-refractivity contribution in [3.63, 3.8) is 0 Å². The fraction of sp³-hybridized carbons (Fsp3) is 0.333. The van der Waals surface area contributed by atoms with E-state index in [1.165, 1.54) is 0 Å². The topological polar surface area (TPSA) is 59.3 Å². The predicted molar refractivity (Wildman–Crippen MR) is 72.6 cm³/mol. The first-order chi connectivity index (χ1) is 9.09. The van der Waals surface area contributed by atoms with Crippen molar-refractivity contribution in [1.82, 2.24) is 4.57 Å². The van der Waals surface area contributed by atoms with Crippen molar-refractivity contribution in [3.8, 4) is 0 Å². The van der Waals surface area contributed by atoms with Crippen LogP contribution in [0.3, 0.4) is 0 Å². The number of aromatic nitrogens is 1. The quantitative estimate of drug-likeness (QED) is 0.917. The van der Waals surface area contributed by atoms with Crippen molar-refractivity contribution >= 4 is 16.9 Å². The van der Waals surface area contributed by atoms with E-state index in [-0.39, 0.29) is 11.8 Å². The first kappa shape index (κ1) is 12.0. The normalized spacial score (nSPS) is 14.8. The van der Waals surface area contributed by atoms with Crippen LogP contribution in [0.25, 0.3) is 10.9 Å². The molecule has 0 radical (unpaired) electrons. The Bertz CT molecular complexity index is 726. The van der Waals surface area contributed by atoms with E-state index in [2.05, 4.69) is 4.57 Å². The van der Waals surface area contributed by atoms with Crippen LogP contribution in [0.1, 0.15) is 30.1 Å². The minimum absolute atomic E-state index is 0.146. The van der Waals surface area contributed by atoms with Crippen LogP contribution in [0.5, 0.6) is 0 Å². The number of benzene rings is 1. The predicted octanol–water partition coefficient (Wildman–Crippen LogP) is 2.27. The molecular weight excluding hydrogens is 242 g/mol. The number of pyridine rings is 1. The maximum absolute atomic E-state index is 12.4. The number of rotatable bonds is 3. The van der Waals surface area contributed by atoms with Crippen molar-refractivity contribution in [2.75, 3.05) is 0 Å². The van der Waals surface area contributed by atoms with E-state index in [1.54, 1.807) is 6.07 Å². The smallest absolute Gasteiger partial charge is 0.308 e. The molecule has 0 atom stereocenters. The lowest BCUT2D eigenvalue weighted by atomic mass is 10.0. The average Bonchev–Trinajstić information content (AvgIpc) is 3.19. The second kappa shape index (κ2) is 4.23. The van der Waals surface area contributed by atoms with Crippen molar-refractivity contribution in [3.05, 3.63) is 45.7 Å². The summed E-state index contributed by atoms with van der Waals surface area (Å²) < 4.78 is 2.13. The number of aliphatic carboxylic acids is 1. The zero-order valence-electron chi connectivity index (χ0n) is 10.7. The maximum atomic E-state index is 12.4.